The van der Waals surface area contributed by atoms with Crippen LogP contribution >= 0.6 is 0 Å². The Kier molecular flexibility index (Phi) is 2.17. The van der Waals surface area contributed by atoms with E-state index in [1.54, 1.807) is 0 Å². The van der Waals surface area contributed by atoms with Gasteiger partial charge in [-0.25, -0.2) is 9.50 Å². The highest BCUT2D eigenvalue weighted by molar-refractivity contribution is 5.54. The maximum Gasteiger partial charge on any atom is 0.127 e. The van der Waals surface area contributed by atoms with E-state index >= 15 is 0 Å². The van der Waals surface area contributed by atoms with Gasteiger partial charge in [-0.2, -0.15) is 5.10 Å². The summed E-state index contributed by atoms with van der Waals surface area (Å²) in [4.78, 5) is 4.67. The Hall–Kier alpha value is -1.42. The monoisotopic (exact) mass is 216 g/mol. The van der Waals surface area contributed by atoms with E-state index in [0.717, 1.165) is 30.1 Å². The number of imidazole rings is 1. The fraction of sp³-hybridized carbons (Fsp3) is 0.500. The van der Waals surface area contributed by atoms with Gasteiger partial charge in [0, 0.05) is 12.5 Å². The number of aromatic nitrogens is 3. The van der Waals surface area contributed by atoms with E-state index in [2.05, 4.69) is 27.5 Å². The Morgan fingerprint density at radius 1 is 1.38 bits per heavy atom. The van der Waals surface area contributed by atoms with E-state index in [0.29, 0.717) is 5.92 Å². The van der Waals surface area contributed by atoms with Crippen molar-refractivity contribution in [3.8, 4) is 0 Å². The molecule has 2 aromatic rings. The van der Waals surface area contributed by atoms with Gasteiger partial charge in [-0.15, -0.1) is 0 Å². The third-order valence-electron chi connectivity index (χ3n) is 3.27. The van der Waals surface area contributed by atoms with E-state index in [1.165, 1.54) is 12.1 Å². The van der Waals surface area contributed by atoms with Crippen LogP contribution in [-0.4, -0.2) is 27.7 Å². The van der Waals surface area contributed by atoms with E-state index < -0.39 is 0 Å². The van der Waals surface area contributed by atoms with Crippen molar-refractivity contribution in [1.29, 1.82) is 0 Å². The lowest BCUT2D eigenvalue weighted by Gasteiger charge is -2.04. The van der Waals surface area contributed by atoms with Gasteiger partial charge < -0.3 is 5.32 Å². The quantitative estimate of drug-likeness (QED) is 0.784. The Balaban J connectivity index is 2.18. The standard InChI is InChI=1S/C12H16N4/c1-8-3-4-11-12(10-5-6-13-7-10)14-9(2)16(11)15-8/h3-4,10,13H,5-7H2,1-2H3. The third-order valence-corrected chi connectivity index (χ3v) is 3.27. The molecule has 0 radical (unpaired) electrons. The number of nitrogens with one attached hydrogen (secondary N) is 1. The van der Waals surface area contributed by atoms with Crippen LogP contribution in [0.25, 0.3) is 5.52 Å². The minimum absolute atomic E-state index is 0.549. The summed E-state index contributed by atoms with van der Waals surface area (Å²) in [6.45, 7) is 6.17. The fourth-order valence-corrected chi connectivity index (χ4v) is 2.42. The molecule has 0 spiro atoms. The summed E-state index contributed by atoms with van der Waals surface area (Å²) < 4.78 is 1.96. The van der Waals surface area contributed by atoms with Gasteiger partial charge in [0.2, 0.25) is 0 Å². The molecule has 0 amide bonds. The molecule has 16 heavy (non-hydrogen) atoms. The van der Waals surface area contributed by atoms with Crippen molar-refractivity contribution >= 4 is 5.52 Å². The van der Waals surface area contributed by atoms with Gasteiger partial charge in [0.25, 0.3) is 0 Å². The summed E-state index contributed by atoms with van der Waals surface area (Å²) in [5.41, 5.74) is 3.40. The van der Waals surface area contributed by atoms with E-state index in [9.17, 15) is 0 Å². The van der Waals surface area contributed by atoms with Gasteiger partial charge in [0.1, 0.15) is 5.82 Å². The number of fused-ring (bicyclic) bond motifs is 1. The first-order chi connectivity index (χ1) is 7.75. The van der Waals surface area contributed by atoms with Gasteiger partial charge in [-0.3, -0.25) is 0 Å². The van der Waals surface area contributed by atoms with Crippen LogP contribution in [0.5, 0.6) is 0 Å². The number of aryl methyl sites for hydroxylation is 2. The summed E-state index contributed by atoms with van der Waals surface area (Å²) in [5, 5.41) is 7.89. The van der Waals surface area contributed by atoms with E-state index in [4.69, 9.17) is 0 Å². The van der Waals surface area contributed by atoms with Crippen molar-refractivity contribution in [3.05, 3.63) is 29.3 Å². The molecule has 1 aliphatic rings. The average Bonchev–Trinajstić information content (AvgIpc) is 2.87. The molecule has 0 saturated carbocycles. The van der Waals surface area contributed by atoms with Crippen molar-refractivity contribution in [3.63, 3.8) is 0 Å². The normalized spacial score (nSPS) is 20.8. The third kappa shape index (κ3) is 1.41. The maximum absolute atomic E-state index is 4.67. The Morgan fingerprint density at radius 3 is 3.00 bits per heavy atom. The summed E-state index contributed by atoms with van der Waals surface area (Å²) in [5.74, 6) is 1.54. The van der Waals surface area contributed by atoms with Gasteiger partial charge >= 0.3 is 0 Å². The lowest BCUT2D eigenvalue weighted by Crippen LogP contribution is -2.08. The second-order valence-electron chi connectivity index (χ2n) is 4.51. The highest BCUT2D eigenvalue weighted by atomic mass is 15.3. The van der Waals surface area contributed by atoms with Crippen molar-refractivity contribution in [2.75, 3.05) is 13.1 Å². The van der Waals surface area contributed by atoms with Crippen LogP contribution in [0.3, 0.4) is 0 Å². The van der Waals surface area contributed by atoms with Gasteiger partial charge in [-0.05, 0) is 38.9 Å². The molecule has 4 nitrogen and oxygen atoms in total. The molecule has 1 aliphatic heterocycles. The second-order valence-corrected chi connectivity index (χ2v) is 4.51. The Labute approximate surface area is 94.7 Å². The predicted molar refractivity (Wildman–Crippen MR) is 62.7 cm³/mol. The zero-order valence-electron chi connectivity index (χ0n) is 9.70. The Morgan fingerprint density at radius 2 is 2.25 bits per heavy atom. The summed E-state index contributed by atoms with van der Waals surface area (Å²) in [6.07, 6.45) is 1.18. The number of hydrogen-bond acceptors (Lipinski definition) is 3. The molecule has 1 atom stereocenters. The molecule has 1 N–H and O–H groups in total. The van der Waals surface area contributed by atoms with Crippen LogP contribution in [0.1, 0.15) is 29.6 Å². The summed E-state index contributed by atoms with van der Waals surface area (Å²) in [6, 6.07) is 4.19. The lowest BCUT2D eigenvalue weighted by molar-refractivity contribution is 0.744. The minimum Gasteiger partial charge on any atom is -0.316 e. The molecule has 0 bridgehead atoms. The Bertz CT molecular complexity index is 523. The van der Waals surface area contributed by atoms with Gasteiger partial charge in [0.05, 0.1) is 16.9 Å². The second kappa shape index (κ2) is 3.56. The molecule has 1 saturated heterocycles. The minimum atomic E-state index is 0.549. The topological polar surface area (TPSA) is 42.2 Å². The lowest BCUT2D eigenvalue weighted by atomic mass is 10.0. The molecular weight excluding hydrogens is 200 g/mol. The molecule has 4 heteroatoms. The van der Waals surface area contributed by atoms with Crippen LogP contribution in [0.15, 0.2) is 12.1 Å². The highest BCUT2D eigenvalue weighted by Crippen LogP contribution is 2.25. The number of hydrogen-bond donors (Lipinski definition) is 1. The first-order valence-electron chi connectivity index (χ1n) is 5.79. The fourth-order valence-electron chi connectivity index (χ4n) is 2.42. The van der Waals surface area contributed by atoms with Crippen LogP contribution < -0.4 is 5.32 Å². The van der Waals surface area contributed by atoms with Crippen LogP contribution in [0, 0.1) is 13.8 Å². The zero-order valence-corrected chi connectivity index (χ0v) is 9.70. The molecule has 84 valence electrons. The highest BCUT2D eigenvalue weighted by Gasteiger charge is 2.22. The number of rotatable bonds is 1. The SMILES string of the molecule is Cc1ccc2c(C3CCNC3)nc(C)n2n1. The van der Waals surface area contributed by atoms with Crippen LogP contribution in [0.2, 0.25) is 0 Å². The van der Waals surface area contributed by atoms with Crippen LogP contribution in [0.4, 0.5) is 0 Å². The van der Waals surface area contributed by atoms with Crippen molar-refractivity contribution in [2.24, 2.45) is 0 Å². The molecule has 1 unspecified atom stereocenters. The molecule has 0 aliphatic carbocycles. The maximum atomic E-state index is 4.67. The molecule has 0 aromatic carbocycles. The first-order valence-corrected chi connectivity index (χ1v) is 5.79. The van der Waals surface area contributed by atoms with Crippen molar-refractivity contribution < 1.29 is 0 Å². The first kappa shape index (κ1) is 9.78. The summed E-state index contributed by atoms with van der Waals surface area (Å²) >= 11 is 0. The van der Waals surface area contributed by atoms with Gasteiger partial charge in [-0.1, -0.05) is 0 Å². The number of nitrogens with zero attached hydrogens (tertiary/aromatic N) is 3. The van der Waals surface area contributed by atoms with Crippen molar-refractivity contribution in [2.45, 2.75) is 26.2 Å². The summed E-state index contributed by atoms with van der Waals surface area (Å²) in [7, 11) is 0. The predicted octanol–water partition coefficient (Wildman–Crippen LogP) is 1.42. The molecule has 3 heterocycles. The van der Waals surface area contributed by atoms with Crippen LogP contribution in [-0.2, 0) is 0 Å². The molecule has 3 rings (SSSR count). The van der Waals surface area contributed by atoms with E-state index in [1.807, 2.05) is 18.4 Å². The molecule has 2 aromatic heterocycles. The van der Waals surface area contributed by atoms with E-state index in [-0.39, 0.29) is 0 Å². The smallest absolute Gasteiger partial charge is 0.127 e. The van der Waals surface area contributed by atoms with Crippen molar-refractivity contribution in [1.82, 2.24) is 19.9 Å². The largest absolute Gasteiger partial charge is 0.316 e. The molecular formula is C12H16N4. The van der Waals surface area contributed by atoms with Gasteiger partial charge in [0.15, 0.2) is 0 Å². The molecule has 1 fully saturated rings. The zero-order chi connectivity index (χ0) is 11.1. The average molecular weight is 216 g/mol.